The van der Waals surface area contributed by atoms with Crippen LogP contribution >= 0.6 is 0 Å². The van der Waals surface area contributed by atoms with Gasteiger partial charge in [-0.15, -0.1) is 12.0 Å². The Kier molecular flexibility index (Phi) is 10.9. The molecule has 2 aliphatic rings. The third-order valence-corrected chi connectivity index (χ3v) is 3.07. The second kappa shape index (κ2) is 9.37. The Bertz CT molecular complexity index is 362. The third-order valence-electron chi connectivity index (χ3n) is 3.07. The fourth-order valence-corrected chi connectivity index (χ4v) is 2.33. The molecule has 0 aromatic rings. The molecule has 0 heterocycles. The summed E-state index contributed by atoms with van der Waals surface area (Å²) in [5, 5.41) is 0. The van der Waals surface area contributed by atoms with E-state index in [1.165, 1.54) is 11.1 Å². The van der Waals surface area contributed by atoms with Gasteiger partial charge in [-0.05, 0) is 6.42 Å². The molecule has 0 nitrogen and oxygen atoms in total. The monoisotopic (exact) mass is 345 g/mol. The summed E-state index contributed by atoms with van der Waals surface area (Å²) in [6.07, 6.45) is 14.6. The van der Waals surface area contributed by atoms with Crippen LogP contribution in [-0.4, -0.2) is 0 Å². The van der Waals surface area contributed by atoms with Crippen LogP contribution in [0.5, 0.6) is 0 Å². The Labute approximate surface area is 136 Å². The summed E-state index contributed by atoms with van der Waals surface area (Å²) in [5.74, 6) is 0. The number of allylic oxidation sites excluding steroid dienone is 8. The maximum atomic E-state index is 3.51. The molecule has 0 aromatic heterocycles. The molecule has 0 unspecified atom stereocenters. The molecule has 0 aromatic carbocycles. The quantitative estimate of drug-likeness (QED) is 0.525. The summed E-state index contributed by atoms with van der Waals surface area (Å²) in [5.41, 5.74) is 6.07. The summed E-state index contributed by atoms with van der Waals surface area (Å²) >= 11 is 0. The van der Waals surface area contributed by atoms with Gasteiger partial charge < -0.3 is 24.8 Å². The standard InChI is InChI=1S/C14H17.2ClH.Zr/c1-3-11-9-10-14(13(11)4-2)12-7-5-6-8-12;;;/h5-7H,3-4,8,10H2,1-2H3;2*1H;/q-1;;;+3/p-2. The molecule has 0 spiro atoms. The molecule has 2 rings (SSSR count). The van der Waals surface area contributed by atoms with E-state index in [0.717, 1.165) is 25.7 Å². The van der Waals surface area contributed by atoms with Gasteiger partial charge in [0, 0.05) is 0 Å². The molecule has 0 aliphatic heterocycles. The Morgan fingerprint density at radius 1 is 1.18 bits per heavy atom. The summed E-state index contributed by atoms with van der Waals surface area (Å²) < 4.78 is 0. The zero-order valence-corrected chi connectivity index (χ0v) is 14.3. The summed E-state index contributed by atoms with van der Waals surface area (Å²) in [7, 11) is 0. The predicted octanol–water partition coefficient (Wildman–Crippen LogP) is -1.87. The van der Waals surface area contributed by atoms with Crippen molar-refractivity contribution in [2.45, 2.75) is 39.5 Å². The second-order valence-corrected chi connectivity index (χ2v) is 3.82. The van der Waals surface area contributed by atoms with Gasteiger partial charge in [-0.25, -0.2) is 5.57 Å². The van der Waals surface area contributed by atoms with Crippen LogP contribution in [0.4, 0.5) is 0 Å². The molecule has 0 atom stereocenters. The van der Waals surface area contributed by atoms with E-state index < -0.39 is 0 Å². The van der Waals surface area contributed by atoms with Crippen molar-refractivity contribution in [1.29, 1.82) is 0 Å². The van der Waals surface area contributed by atoms with E-state index in [4.69, 9.17) is 0 Å². The van der Waals surface area contributed by atoms with Gasteiger partial charge in [0.05, 0.1) is 0 Å². The van der Waals surface area contributed by atoms with Crippen LogP contribution in [0.25, 0.3) is 0 Å². The zero-order chi connectivity index (χ0) is 9.97. The van der Waals surface area contributed by atoms with Crippen LogP contribution in [-0.2, 0) is 26.2 Å². The molecule has 0 fully saturated rings. The first kappa shape index (κ1) is 19.8. The van der Waals surface area contributed by atoms with Gasteiger partial charge in [-0.2, -0.15) is 5.57 Å². The molecule has 3 heteroatoms. The SMILES string of the molecule is CCC1=[C-]CC(C2=CC=CC2)=C1CC.[Cl-].[Cl-].[Zr+3]. The molecule has 17 heavy (non-hydrogen) atoms. The third kappa shape index (κ3) is 4.23. The van der Waals surface area contributed by atoms with Crippen LogP contribution in [0.3, 0.4) is 0 Å². The Morgan fingerprint density at radius 3 is 2.35 bits per heavy atom. The zero-order valence-electron chi connectivity index (χ0n) is 10.3. The van der Waals surface area contributed by atoms with E-state index in [2.05, 4.69) is 38.2 Å². The molecule has 0 N–H and O–H groups in total. The van der Waals surface area contributed by atoms with E-state index in [1.807, 2.05) is 0 Å². The van der Waals surface area contributed by atoms with E-state index in [0.29, 0.717) is 0 Å². The van der Waals surface area contributed by atoms with Crippen molar-refractivity contribution in [3.63, 3.8) is 0 Å². The molecule has 0 saturated carbocycles. The largest absolute Gasteiger partial charge is 3.00 e. The maximum absolute atomic E-state index is 3.51. The van der Waals surface area contributed by atoms with Gasteiger partial charge in [-0.1, -0.05) is 50.5 Å². The topological polar surface area (TPSA) is 0 Å². The van der Waals surface area contributed by atoms with Gasteiger partial charge in [0.2, 0.25) is 0 Å². The average molecular weight is 347 g/mol. The van der Waals surface area contributed by atoms with Crippen molar-refractivity contribution in [2.24, 2.45) is 0 Å². The Morgan fingerprint density at radius 2 is 1.88 bits per heavy atom. The number of rotatable bonds is 3. The van der Waals surface area contributed by atoms with Crippen LogP contribution in [0.1, 0.15) is 39.5 Å². The summed E-state index contributed by atoms with van der Waals surface area (Å²) in [6, 6.07) is 0. The smallest absolute Gasteiger partial charge is 1.00 e. The molecule has 0 bridgehead atoms. The first-order chi connectivity index (χ1) is 6.86. The normalized spacial score (nSPS) is 16.8. The van der Waals surface area contributed by atoms with E-state index in [-0.39, 0.29) is 51.0 Å². The molecular formula is C14H17Cl2Zr. The van der Waals surface area contributed by atoms with Crippen molar-refractivity contribution >= 4 is 0 Å². The van der Waals surface area contributed by atoms with Gasteiger partial charge >= 0.3 is 26.2 Å². The summed E-state index contributed by atoms with van der Waals surface area (Å²) in [6.45, 7) is 4.48. The van der Waals surface area contributed by atoms with Crippen LogP contribution < -0.4 is 24.8 Å². The fraction of sp³-hybridized carbons (Fsp3) is 0.429. The number of hydrogen-bond donors (Lipinski definition) is 0. The van der Waals surface area contributed by atoms with Crippen molar-refractivity contribution in [3.05, 3.63) is 46.6 Å². The first-order valence-electron chi connectivity index (χ1n) is 5.55. The van der Waals surface area contributed by atoms with Crippen molar-refractivity contribution in [1.82, 2.24) is 0 Å². The molecule has 91 valence electrons. The fourth-order valence-electron chi connectivity index (χ4n) is 2.33. The first-order valence-corrected chi connectivity index (χ1v) is 5.55. The summed E-state index contributed by atoms with van der Waals surface area (Å²) in [4.78, 5) is 0. The second-order valence-electron chi connectivity index (χ2n) is 3.82. The minimum atomic E-state index is 0. The molecule has 0 saturated heterocycles. The van der Waals surface area contributed by atoms with Crippen molar-refractivity contribution < 1.29 is 51.0 Å². The Balaban J connectivity index is 0. The minimum absolute atomic E-state index is 0. The molecule has 1 radical (unpaired) electrons. The van der Waals surface area contributed by atoms with Crippen LogP contribution in [0.15, 0.2) is 40.5 Å². The van der Waals surface area contributed by atoms with Gasteiger partial charge in [0.1, 0.15) is 0 Å². The number of halogens is 2. The van der Waals surface area contributed by atoms with Crippen molar-refractivity contribution in [2.75, 3.05) is 0 Å². The van der Waals surface area contributed by atoms with Crippen LogP contribution in [0.2, 0.25) is 0 Å². The van der Waals surface area contributed by atoms with Gasteiger partial charge in [-0.3, -0.25) is 6.08 Å². The maximum Gasteiger partial charge on any atom is 3.00 e. The molecular weight excluding hydrogens is 330 g/mol. The van der Waals surface area contributed by atoms with Crippen LogP contribution in [0, 0.1) is 6.08 Å². The van der Waals surface area contributed by atoms with E-state index in [1.54, 1.807) is 11.1 Å². The van der Waals surface area contributed by atoms with E-state index >= 15 is 0 Å². The van der Waals surface area contributed by atoms with Crippen molar-refractivity contribution in [3.8, 4) is 0 Å². The minimum Gasteiger partial charge on any atom is -1.00 e. The van der Waals surface area contributed by atoms with Gasteiger partial charge in [0.25, 0.3) is 0 Å². The van der Waals surface area contributed by atoms with E-state index in [9.17, 15) is 0 Å². The molecule has 2 aliphatic carbocycles. The predicted molar refractivity (Wildman–Crippen MR) is 60.8 cm³/mol. The molecule has 0 amide bonds. The van der Waals surface area contributed by atoms with Gasteiger partial charge in [0.15, 0.2) is 0 Å². The number of hydrogen-bond acceptors (Lipinski definition) is 0. The Hall–Kier alpha value is 0.423. The average Bonchev–Trinajstić information content (AvgIpc) is 2.85.